The molecule has 0 aromatic carbocycles. The van der Waals surface area contributed by atoms with Crippen LogP contribution in [0.15, 0.2) is 10.9 Å². The minimum Gasteiger partial charge on any atom is -0.495 e. The van der Waals surface area contributed by atoms with Gasteiger partial charge < -0.3 is 15.5 Å². The second-order valence-electron chi connectivity index (χ2n) is 4.29. The highest BCUT2D eigenvalue weighted by molar-refractivity contribution is 5.32. The third kappa shape index (κ3) is 3.60. The van der Waals surface area contributed by atoms with Crippen molar-refractivity contribution in [3.8, 4) is 5.75 Å². The molecule has 1 heterocycles. The van der Waals surface area contributed by atoms with Gasteiger partial charge in [-0.15, -0.1) is 0 Å². The third-order valence-corrected chi connectivity index (χ3v) is 2.89. The number of hydrogen-bond acceptors (Lipinski definition) is 3. The van der Waals surface area contributed by atoms with Gasteiger partial charge in [0.2, 0.25) is 0 Å². The zero-order chi connectivity index (χ0) is 12.8. The normalized spacial score (nSPS) is 12.5. The number of aromatic amines is 1. The Morgan fingerprint density at radius 3 is 2.71 bits per heavy atom. The zero-order valence-corrected chi connectivity index (χ0v) is 10.9. The highest BCUT2D eigenvalue weighted by Crippen LogP contribution is 2.17. The molecule has 1 aromatic rings. The van der Waals surface area contributed by atoms with E-state index in [1.54, 1.807) is 7.11 Å². The maximum absolute atomic E-state index is 11.8. The summed E-state index contributed by atoms with van der Waals surface area (Å²) in [6.07, 6.45) is 3.23. The second-order valence-corrected chi connectivity index (χ2v) is 4.29. The molecule has 0 bridgehead atoms. The Balaban J connectivity index is 3.05. The number of aromatic nitrogens is 1. The van der Waals surface area contributed by atoms with E-state index in [0.717, 1.165) is 36.3 Å². The zero-order valence-electron chi connectivity index (χ0n) is 10.9. The largest absolute Gasteiger partial charge is 0.495 e. The first-order valence-electron chi connectivity index (χ1n) is 6.16. The molecular weight excluding hydrogens is 216 g/mol. The van der Waals surface area contributed by atoms with Gasteiger partial charge in [0.15, 0.2) is 0 Å². The molecule has 3 N–H and O–H groups in total. The maximum atomic E-state index is 11.8. The molecular formula is C13H22N2O2. The van der Waals surface area contributed by atoms with E-state index in [4.69, 9.17) is 10.5 Å². The van der Waals surface area contributed by atoms with Crippen LogP contribution in [0.5, 0.6) is 5.75 Å². The number of nitrogens with one attached hydrogen (secondary N) is 1. The first-order valence-corrected chi connectivity index (χ1v) is 6.16. The van der Waals surface area contributed by atoms with Crippen LogP contribution in [0.1, 0.15) is 37.9 Å². The lowest BCUT2D eigenvalue weighted by Crippen LogP contribution is -2.25. The van der Waals surface area contributed by atoms with E-state index in [9.17, 15) is 4.79 Å². The summed E-state index contributed by atoms with van der Waals surface area (Å²) in [5, 5.41) is 0. The third-order valence-electron chi connectivity index (χ3n) is 2.89. The summed E-state index contributed by atoms with van der Waals surface area (Å²) in [7, 11) is 1.62. The molecule has 96 valence electrons. The first kappa shape index (κ1) is 13.8. The Hall–Kier alpha value is -1.29. The molecule has 0 saturated heterocycles. The number of methoxy groups -OCH3 is 1. The molecule has 0 aliphatic rings. The van der Waals surface area contributed by atoms with Crippen molar-refractivity contribution >= 4 is 0 Å². The number of pyridine rings is 1. The number of hydrogen-bond donors (Lipinski definition) is 2. The molecule has 1 atom stereocenters. The second kappa shape index (κ2) is 6.45. The number of nitrogens with two attached hydrogens (primary N) is 1. The quantitative estimate of drug-likeness (QED) is 0.791. The minimum absolute atomic E-state index is 0.0223. The topological polar surface area (TPSA) is 68.1 Å². The fourth-order valence-electron chi connectivity index (χ4n) is 1.79. The van der Waals surface area contributed by atoms with Crippen molar-refractivity contribution in [1.29, 1.82) is 0 Å². The van der Waals surface area contributed by atoms with Crippen LogP contribution in [0, 0.1) is 0 Å². The van der Waals surface area contributed by atoms with E-state index in [0.29, 0.717) is 6.42 Å². The summed E-state index contributed by atoms with van der Waals surface area (Å²) in [5.74, 6) is 0.733. The molecule has 0 saturated carbocycles. The van der Waals surface area contributed by atoms with E-state index in [1.165, 1.54) is 0 Å². The molecule has 0 amide bonds. The van der Waals surface area contributed by atoms with Crippen LogP contribution in [0.3, 0.4) is 0 Å². The summed E-state index contributed by atoms with van der Waals surface area (Å²) in [6, 6.07) is 1.89. The monoisotopic (exact) mass is 238 g/mol. The van der Waals surface area contributed by atoms with E-state index in [2.05, 4.69) is 4.98 Å². The van der Waals surface area contributed by atoms with Crippen molar-refractivity contribution in [2.75, 3.05) is 7.11 Å². The summed E-state index contributed by atoms with van der Waals surface area (Å²) in [6.45, 7) is 4.08. The summed E-state index contributed by atoms with van der Waals surface area (Å²) in [4.78, 5) is 14.7. The van der Waals surface area contributed by atoms with Crippen molar-refractivity contribution < 1.29 is 4.74 Å². The van der Waals surface area contributed by atoms with Gasteiger partial charge in [0.05, 0.1) is 12.8 Å². The van der Waals surface area contributed by atoms with Crippen LogP contribution in [0.2, 0.25) is 0 Å². The summed E-state index contributed by atoms with van der Waals surface area (Å²) < 4.78 is 5.31. The van der Waals surface area contributed by atoms with Crippen LogP contribution in [0.25, 0.3) is 0 Å². The van der Waals surface area contributed by atoms with E-state index < -0.39 is 0 Å². The lowest BCUT2D eigenvalue weighted by atomic mass is 10.1. The Kier molecular flexibility index (Phi) is 5.22. The van der Waals surface area contributed by atoms with Gasteiger partial charge in [-0.05, 0) is 18.9 Å². The molecule has 17 heavy (non-hydrogen) atoms. The first-order chi connectivity index (χ1) is 8.12. The number of ether oxygens (including phenoxy) is 1. The van der Waals surface area contributed by atoms with Crippen molar-refractivity contribution in [1.82, 2.24) is 4.98 Å². The van der Waals surface area contributed by atoms with Gasteiger partial charge in [0, 0.05) is 18.0 Å². The van der Waals surface area contributed by atoms with Crippen molar-refractivity contribution in [3.05, 3.63) is 27.7 Å². The van der Waals surface area contributed by atoms with Crippen LogP contribution >= 0.6 is 0 Å². The Morgan fingerprint density at radius 1 is 1.47 bits per heavy atom. The van der Waals surface area contributed by atoms with Gasteiger partial charge in [0.25, 0.3) is 5.56 Å². The smallest absolute Gasteiger partial charge is 0.251 e. The Bertz CT molecular complexity index is 412. The molecule has 0 aliphatic carbocycles. The van der Waals surface area contributed by atoms with Gasteiger partial charge in [-0.2, -0.15) is 0 Å². The fourth-order valence-corrected chi connectivity index (χ4v) is 1.79. The highest BCUT2D eigenvalue weighted by atomic mass is 16.5. The Labute approximate surface area is 102 Å². The maximum Gasteiger partial charge on any atom is 0.251 e. The molecule has 4 nitrogen and oxygen atoms in total. The SMILES string of the molecule is CCCc1cc(OC)c(CC(N)CC)[nH]c1=O. The average molecular weight is 238 g/mol. The molecule has 0 aliphatic heterocycles. The molecule has 0 fully saturated rings. The lowest BCUT2D eigenvalue weighted by molar-refractivity contribution is 0.403. The number of rotatable bonds is 6. The molecule has 0 radical (unpaired) electrons. The van der Waals surface area contributed by atoms with Gasteiger partial charge in [-0.3, -0.25) is 4.79 Å². The van der Waals surface area contributed by atoms with E-state index >= 15 is 0 Å². The minimum atomic E-state index is -0.0223. The van der Waals surface area contributed by atoms with E-state index in [-0.39, 0.29) is 11.6 Å². The molecule has 1 rings (SSSR count). The molecule has 1 unspecified atom stereocenters. The van der Waals surface area contributed by atoms with Gasteiger partial charge in [-0.1, -0.05) is 20.3 Å². The van der Waals surface area contributed by atoms with Gasteiger partial charge in [-0.25, -0.2) is 0 Å². The van der Waals surface area contributed by atoms with Crippen LogP contribution in [-0.4, -0.2) is 18.1 Å². The molecule has 1 aromatic heterocycles. The van der Waals surface area contributed by atoms with Crippen LogP contribution in [0.4, 0.5) is 0 Å². The van der Waals surface area contributed by atoms with Gasteiger partial charge >= 0.3 is 0 Å². The van der Waals surface area contributed by atoms with Gasteiger partial charge in [0.1, 0.15) is 5.75 Å². The van der Waals surface area contributed by atoms with Crippen molar-refractivity contribution in [3.63, 3.8) is 0 Å². The summed E-state index contributed by atoms with van der Waals surface area (Å²) >= 11 is 0. The van der Waals surface area contributed by atoms with Crippen molar-refractivity contribution in [2.45, 2.75) is 45.6 Å². The fraction of sp³-hybridized carbons (Fsp3) is 0.615. The number of H-pyrrole nitrogens is 1. The number of aryl methyl sites for hydroxylation is 1. The average Bonchev–Trinajstić information content (AvgIpc) is 2.32. The van der Waals surface area contributed by atoms with Crippen LogP contribution in [-0.2, 0) is 12.8 Å². The van der Waals surface area contributed by atoms with Crippen LogP contribution < -0.4 is 16.0 Å². The standard InChI is InChI=1S/C13H22N2O2/c1-4-6-9-7-12(17-3)11(15-13(9)16)8-10(14)5-2/h7,10H,4-6,8,14H2,1-3H3,(H,15,16). The predicted octanol–water partition coefficient (Wildman–Crippen LogP) is 1.62. The lowest BCUT2D eigenvalue weighted by Gasteiger charge is -2.13. The summed E-state index contributed by atoms with van der Waals surface area (Å²) in [5.41, 5.74) is 7.45. The predicted molar refractivity (Wildman–Crippen MR) is 69.6 cm³/mol. The van der Waals surface area contributed by atoms with Crippen molar-refractivity contribution in [2.24, 2.45) is 5.73 Å². The molecule has 0 spiro atoms. The Morgan fingerprint density at radius 2 is 2.18 bits per heavy atom. The highest BCUT2D eigenvalue weighted by Gasteiger charge is 2.11. The molecule has 4 heteroatoms. The van der Waals surface area contributed by atoms with E-state index in [1.807, 2.05) is 19.9 Å².